The Balaban J connectivity index is 4.35. The van der Waals surface area contributed by atoms with Crippen LogP contribution in [0.1, 0.15) is 27.7 Å². The summed E-state index contributed by atoms with van der Waals surface area (Å²) in [6.07, 6.45) is 0. The molecule has 0 aliphatic heterocycles. The summed E-state index contributed by atoms with van der Waals surface area (Å²) >= 11 is 0. The maximum absolute atomic E-state index is 11.1. The van der Waals surface area contributed by atoms with E-state index in [0.717, 1.165) is 0 Å². The summed E-state index contributed by atoms with van der Waals surface area (Å²) in [5, 5.41) is -0.197. The minimum atomic E-state index is -2.80. The summed E-state index contributed by atoms with van der Waals surface area (Å²) < 4.78 is 22.3. The third kappa shape index (κ3) is 2.29. The molecule has 0 rings (SSSR count). The lowest BCUT2D eigenvalue weighted by molar-refractivity contribution is 0.547. The molecule has 0 aromatic carbocycles. The topological polar surface area (TPSA) is 34.1 Å². The molecule has 10 heavy (non-hydrogen) atoms. The van der Waals surface area contributed by atoms with Gasteiger partial charge in [-0.3, -0.25) is 0 Å². The summed E-state index contributed by atoms with van der Waals surface area (Å²) in [6, 6.07) is 0. The molecule has 0 saturated heterocycles. The summed E-state index contributed by atoms with van der Waals surface area (Å²) in [4.78, 5) is 0. The van der Waals surface area contributed by atoms with Gasteiger partial charge in [0.1, 0.15) is 0 Å². The third-order valence-electron chi connectivity index (χ3n) is 1.91. The van der Waals surface area contributed by atoms with Gasteiger partial charge in [0.2, 0.25) is 0 Å². The van der Waals surface area contributed by atoms with Crippen LogP contribution < -0.4 is 0 Å². The Morgan fingerprint density at radius 2 is 1.60 bits per heavy atom. The average Bonchev–Trinajstić information content (AvgIpc) is 1.86. The number of sulfone groups is 1. The average molecular weight is 164 g/mol. The van der Waals surface area contributed by atoms with Crippen LogP contribution in [0.3, 0.4) is 0 Å². The van der Waals surface area contributed by atoms with Gasteiger partial charge in [0.25, 0.3) is 0 Å². The Morgan fingerprint density at radius 1 is 1.20 bits per heavy atom. The van der Waals surface area contributed by atoms with Crippen LogP contribution in [0.15, 0.2) is 0 Å². The zero-order valence-electron chi connectivity index (χ0n) is 7.09. The molecule has 1 unspecified atom stereocenters. The Morgan fingerprint density at radius 3 is 1.70 bits per heavy atom. The van der Waals surface area contributed by atoms with Crippen molar-refractivity contribution >= 4 is 9.84 Å². The maximum atomic E-state index is 11.1. The summed E-state index contributed by atoms with van der Waals surface area (Å²) in [5.41, 5.74) is 0. The molecule has 2 nitrogen and oxygen atoms in total. The molecule has 0 fully saturated rings. The van der Waals surface area contributed by atoms with Crippen molar-refractivity contribution in [3.8, 4) is 0 Å². The molecule has 62 valence electrons. The van der Waals surface area contributed by atoms with Gasteiger partial charge in [-0.15, -0.1) is 0 Å². The Kier molecular flexibility index (Phi) is 3.36. The summed E-state index contributed by atoms with van der Waals surface area (Å²) in [7, 11) is -2.80. The van der Waals surface area contributed by atoms with E-state index in [0.29, 0.717) is 0 Å². The molecule has 1 atom stereocenters. The van der Waals surface area contributed by atoms with Crippen LogP contribution in [0, 0.1) is 5.92 Å². The van der Waals surface area contributed by atoms with Crippen molar-refractivity contribution in [2.45, 2.75) is 32.9 Å². The van der Waals surface area contributed by atoms with Crippen LogP contribution >= 0.6 is 0 Å². The molecular formula is C7H16O2S. The van der Waals surface area contributed by atoms with Gasteiger partial charge in [0.15, 0.2) is 9.84 Å². The molecule has 0 amide bonds. The van der Waals surface area contributed by atoms with Gasteiger partial charge in [0, 0.05) is 5.75 Å². The number of hydrogen-bond donors (Lipinski definition) is 0. The van der Waals surface area contributed by atoms with Crippen LogP contribution in [0.4, 0.5) is 0 Å². The van der Waals surface area contributed by atoms with Crippen molar-refractivity contribution < 1.29 is 8.42 Å². The first-order valence-electron chi connectivity index (χ1n) is 3.63. The molecule has 3 heteroatoms. The quantitative estimate of drug-likeness (QED) is 0.633. The van der Waals surface area contributed by atoms with Crippen molar-refractivity contribution in [2.75, 3.05) is 5.75 Å². The van der Waals surface area contributed by atoms with Gasteiger partial charge in [0.05, 0.1) is 5.25 Å². The van der Waals surface area contributed by atoms with Crippen molar-refractivity contribution in [2.24, 2.45) is 5.92 Å². The van der Waals surface area contributed by atoms with E-state index in [2.05, 4.69) is 0 Å². The van der Waals surface area contributed by atoms with E-state index in [1.165, 1.54) is 0 Å². The monoisotopic (exact) mass is 164 g/mol. The minimum Gasteiger partial charge on any atom is -0.229 e. The highest BCUT2D eigenvalue weighted by molar-refractivity contribution is 7.91. The van der Waals surface area contributed by atoms with E-state index in [9.17, 15) is 8.42 Å². The lowest BCUT2D eigenvalue weighted by Crippen LogP contribution is -2.24. The lowest BCUT2D eigenvalue weighted by atomic mass is 10.2. The fourth-order valence-corrected chi connectivity index (χ4v) is 2.03. The molecular weight excluding hydrogens is 148 g/mol. The Labute approximate surface area is 63.6 Å². The molecule has 0 N–H and O–H groups in total. The van der Waals surface area contributed by atoms with Gasteiger partial charge in [-0.25, -0.2) is 8.42 Å². The highest BCUT2D eigenvalue weighted by atomic mass is 32.2. The van der Waals surface area contributed by atoms with Gasteiger partial charge in [-0.2, -0.15) is 0 Å². The Hall–Kier alpha value is -0.0500. The molecule has 0 aliphatic carbocycles. The van der Waals surface area contributed by atoms with E-state index in [1.807, 2.05) is 13.8 Å². The van der Waals surface area contributed by atoms with E-state index >= 15 is 0 Å². The summed E-state index contributed by atoms with van der Waals surface area (Å²) in [6.45, 7) is 7.31. The van der Waals surface area contributed by atoms with Crippen molar-refractivity contribution in [1.29, 1.82) is 0 Å². The van der Waals surface area contributed by atoms with E-state index in [-0.39, 0.29) is 16.9 Å². The van der Waals surface area contributed by atoms with Gasteiger partial charge < -0.3 is 0 Å². The van der Waals surface area contributed by atoms with Gasteiger partial charge in [-0.05, 0) is 12.8 Å². The lowest BCUT2D eigenvalue weighted by Gasteiger charge is -2.14. The highest BCUT2D eigenvalue weighted by Gasteiger charge is 2.20. The van der Waals surface area contributed by atoms with Gasteiger partial charge in [-0.1, -0.05) is 20.8 Å². The van der Waals surface area contributed by atoms with Crippen LogP contribution in [0.2, 0.25) is 0 Å². The second-order valence-electron chi connectivity index (χ2n) is 2.90. The summed E-state index contributed by atoms with van der Waals surface area (Å²) in [5.74, 6) is 0.483. The predicted octanol–water partition coefficient (Wildman–Crippen LogP) is 1.47. The molecule has 0 radical (unpaired) electrons. The second kappa shape index (κ2) is 3.37. The highest BCUT2D eigenvalue weighted by Crippen LogP contribution is 2.11. The predicted molar refractivity (Wildman–Crippen MR) is 43.8 cm³/mol. The largest absolute Gasteiger partial charge is 0.229 e. The molecule has 0 aliphatic rings. The van der Waals surface area contributed by atoms with Crippen LogP contribution in [0.5, 0.6) is 0 Å². The van der Waals surface area contributed by atoms with Gasteiger partial charge >= 0.3 is 0 Å². The zero-order chi connectivity index (χ0) is 8.36. The molecule has 0 spiro atoms. The SMILES string of the molecule is CCS(=O)(=O)C(C)C(C)C. The molecule has 0 bridgehead atoms. The fourth-order valence-electron chi connectivity index (χ4n) is 0.678. The first-order valence-corrected chi connectivity index (χ1v) is 5.35. The van der Waals surface area contributed by atoms with Crippen molar-refractivity contribution in [3.05, 3.63) is 0 Å². The molecule has 0 saturated carbocycles. The second-order valence-corrected chi connectivity index (χ2v) is 5.55. The van der Waals surface area contributed by atoms with Crippen LogP contribution in [0.25, 0.3) is 0 Å². The van der Waals surface area contributed by atoms with Crippen LogP contribution in [-0.2, 0) is 9.84 Å². The van der Waals surface area contributed by atoms with Crippen molar-refractivity contribution in [1.82, 2.24) is 0 Å². The standard InChI is InChI=1S/C7H16O2S/c1-5-10(8,9)7(4)6(2)3/h6-7H,5H2,1-4H3. The zero-order valence-corrected chi connectivity index (χ0v) is 7.90. The number of rotatable bonds is 3. The molecule has 0 aromatic heterocycles. The molecule has 0 aromatic rings. The number of hydrogen-bond acceptors (Lipinski definition) is 2. The third-order valence-corrected chi connectivity index (χ3v) is 4.39. The van der Waals surface area contributed by atoms with E-state index < -0.39 is 9.84 Å². The van der Waals surface area contributed by atoms with Crippen molar-refractivity contribution in [3.63, 3.8) is 0 Å². The smallest absolute Gasteiger partial charge is 0.152 e. The first-order chi connectivity index (χ1) is 4.41. The van der Waals surface area contributed by atoms with E-state index in [1.54, 1.807) is 13.8 Å². The van der Waals surface area contributed by atoms with Crippen LogP contribution in [-0.4, -0.2) is 19.4 Å². The Bertz CT molecular complexity index is 180. The fraction of sp³-hybridized carbons (Fsp3) is 1.00. The first kappa shape index (κ1) is 9.95. The minimum absolute atomic E-state index is 0.197. The van der Waals surface area contributed by atoms with E-state index in [4.69, 9.17) is 0 Å². The normalized spacial score (nSPS) is 15.7. The molecule has 0 heterocycles. The maximum Gasteiger partial charge on any atom is 0.152 e.